The van der Waals surface area contributed by atoms with Crippen molar-refractivity contribution in [2.75, 3.05) is 26.9 Å². The third-order valence-corrected chi connectivity index (χ3v) is 7.19. The van der Waals surface area contributed by atoms with E-state index in [1.54, 1.807) is 6.07 Å². The Bertz CT molecular complexity index is 870. The van der Waals surface area contributed by atoms with Gasteiger partial charge in [0.1, 0.15) is 5.75 Å². The van der Waals surface area contributed by atoms with Crippen molar-refractivity contribution in [3.63, 3.8) is 0 Å². The first kappa shape index (κ1) is 19.7. The molecule has 2 saturated carbocycles. The maximum atomic E-state index is 13.4. The maximum Gasteiger partial charge on any atom is 0.254 e. The van der Waals surface area contributed by atoms with Crippen LogP contribution in [0.1, 0.15) is 57.9 Å². The summed E-state index contributed by atoms with van der Waals surface area (Å²) in [6.07, 6.45) is 1.52. The second kappa shape index (κ2) is 7.18. The normalized spacial score (nSPS) is 31.4. The van der Waals surface area contributed by atoms with E-state index in [9.17, 15) is 18.4 Å². The number of hydrogen-bond donors (Lipinski definition) is 2. The van der Waals surface area contributed by atoms with Gasteiger partial charge in [0.15, 0.2) is 0 Å². The van der Waals surface area contributed by atoms with Crippen LogP contribution in [0.5, 0.6) is 5.75 Å². The zero-order valence-corrected chi connectivity index (χ0v) is 16.9. The lowest BCUT2D eigenvalue weighted by Crippen LogP contribution is -2.31. The largest absolute Gasteiger partial charge is 0.492 e. The molecule has 2 N–H and O–H groups in total. The molecule has 1 saturated heterocycles. The number of fused-ring (bicyclic) bond motifs is 2. The van der Waals surface area contributed by atoms with Crippen LogP contribution in [0.15, 0.2) is 12.1 Å². The van der Waals surface area contributed by atoms with E-state index < -0.39 is 5.92 Å². The van der Waals surface area contributed by atoms with Gasteiger partial charge in [-0.15, -0.1) is 0 Å². The summed E-state index contributed by atoms with van der Waals surface area (Å²) in [5.41, 5.74) is 1.61. The van der Waals surface area contributed by atoms with E-state index in [1.165, 1.54) is 7.05 Å². The van der Waals surface area contributed by atoms with E-state index in [2.05, 4.69) is 10.6 Å². The fourth-order valence-electron chi connectivity index (χ4n) is 5.52. The van der Waals surface area contributed by atoms with Crippen molar-refractivity contribution in [2.24, 2.45) is 17.8 Å². The van der Waals surface area contributed by atoms with Crippen molar-refractivity contribution in [1.29, 1.82) is 0 Å². The Balaban J connectivity index is 1.40. The van der Waals surface area contributed by atoms with Crippen LogP contribution in [-0.2, 0) is 4.74 Å². The first-order valence-electron chi connectivity index (χ1n) is 10.7. The molecule has 0 radical (unpaired) electrons. The van der Waals surface area contributed by atoms with Gasteiger partial charge < -0.3 is 20.1 Å². The minimum atomic E-state index is -2.61. The molecule has 1 aromatic carbocycles. The first-order chi connectivity index (χ1) is 14.4. The highest BCUT2D eigenvalue weighted by molar-refractivity contribution is 6.02. The second-order valence-corrected chi connectivity index (χ2v) is 8.98. The molecule has 2 aliphatic heterocycles. The summed E-state index contributed by atoms with van der Waals surface area (Å²) in [7, 11) is 1.54. The Morgan fingerprint density at radius 2 is 1.80 bits per heavy atom. The third-order valence-electron chi connectivity index (χ3n) is 7.19. The first-order valence-corrected chi connectivity index (χ1v) is 10.7. The molecule has 3 fully saturated rings. The number of ether oxygens (including phenoxy) is 2. The van der Waals surface area contributed by atoms with Crippen molar-refractivity contribution in [3.05, 3.63) is 28.8 Å². The lowest BCUT2D eigenvalue weighted by molar-refractivity contribution is -0.00623. The molecule has 0 bridgehead atoms. The minimum Gasteiger partial charge on any atom is -0.492 e. The van der Waals surface area contributed by atoms with Crippen LogP contribution >= 0.6 is 0 Å². The van der Waals surface area contributed by atoms with E-state index in [-0.39, 0.29) is 48.5 Å². The van der Waals surface area contributed by atoms with Gasteiger partial charge >= 0.3 is 0 Å². The summed E-state index contributed by atoms with van der Waals surface area (Å²) in [4.78, 5) is 25.4. The predicted octanol–water partition coefficient (Wildman–Crippen LogP) is 2.72. The summed E-state index contributed by atoms with van der Waals surface area (Å²) in [5, 5.41) is 5.53. The number of halogens is 2. The van der Waals surface area contributed by atoms with Gasteiger partial charge in [-0.05, 0) is 42.7 Å². The van der Waals surface area contributed by atoms with E-state index >= 15 is 0 Å². The topological polar surface area (TPSA) is 76.7 Å². The van der Waals surface area contributed by atoms with Gasteiger partial charge in [0, 0.05) is 56.2 Å². The molecule has 4 atom stereocenters. The van der Waals surface area contributed by atoms with E-state index in [0.29, 0.717) is 42.6 Å². The molecule has 4 aliphatic rings. The molecule has 2 unspecified atom stereocenters. The number of hydrogen-bond acceptors (Lipinski definition) is 4. The van der Waals surface area contributed by atoms with Gasteiger partial charge in [-0.2, -0.15) is 0 Å². The smallest absolute Gasteiger partial charge is 0.254 e. The standard InChI is InChI=1S/C22H26F2N2O4/c1-25-21(28)14-7-12(20(27)26-18-15-8-22(23,24)9-16(15)18)6-13-17(10-30-19(13)14)11-2-4-29-5-3-11/h6-7,11,15-18H,2-5,8-10H2,1H3,(H,25,28)(H,26,27)/t15-,16+,17?,18?. The zero-order chi connectivity index (χ0) is 21.0. The van der Waals surface area contributed by atoms with Gasteiger partial charge in [-0.1, -0.05) is 0 Å². The van der Waals surface area contributed by atoms with Gasteiger partial charge in [0.25, 0.3) is 11.8 Å². The number of rotatable bonds is 4. The van der Waals surface area contributed by atoms with E-state index in [0.717, 1.165) is 18.4 Å². The molecular weight excluding hydrogens is 394 g/mol. The van der Waals surface area contributed by atoms with Crippen LogP contribution in [0.2, 0.25) is 0 Å². The van der Waals surface area contributed by atoms with Gasteiger partial charge in [0.05, 0.1) is 12.2 Å². The number of benzene rings is 1. The van der Waals surface area contributed by atoms with Crippen LogP contribution in [0.25, 0.3) is 0 Å². The Hall–Kier alpha value is -2.22. The number of nitrogens with one attached hydrogen (secondary N) is 2. The van der Waals surface area contributed by atoms with Crippen molar-refractivity contribution >= 4 is 11.8 Å². The zero-order valence-electron chi connectivity index (χ0n) is 16.9. The van der Waals surface area contributed by atoms with E-state index in [4.69, 9.17) is 9.47 Å². The van der Waals surface area contributed by atoms with Crippen LogP contribution in [0.4, 0.5) is 8.78 Å². The van der Waals surface area contributed by atoms with Gasteiger partial charge in [-0.25, -0.2) is 8.78 Å². The van der Waals surface area contributed by atoms with Gasteiger partial charge in [0.2, 0.25) is 5.92 Å². The summed E-state index contributed by atoms with van der Waals surface area (Å²) >= 11 is 0. The van der Waals surface area contributed by atoms with Gasteiger partial charge in [-0.3, -0.25) is 9.59 Å². The molecule has 1 aromatic rings. The number of carbonyl (C=O) groups excluding carboxylic acids is 2. The Labute approximate surface area is 173 Å². The lowest BCUT2D eigenvalue weighted by Gasteiger charge is -2.27. The number of amides is 2. The fourth-order valence-corrected chi connectivity index (χ4v) is 5.52. The van der Waals surface area contributed by atoms with Crippen LogP contribution < -0.4 is 15.4 Å². The van der Waals surface area contributed by atoms with E-state index in [1.807, 2.05) is 6.07 Å². The molecule has 6 nitrogen and oxygen atoms in total. The monoisotopic (exact) mass is 420 g/mol. The molecule has 2 aliphatic carbocycles. The molecular formula is C22H26F2N2O4. The SMILES string of the molecule is CNC(=O)c1cc(C(=O)NC2[C@H]3CC(F)(F)C[C@@H]23)cc2c1OCC2C1CCOCC1. The molecule has 2 amide bonds. The molecule has 162 valence electrons. The average molecular weight is 420 g/mol. The quantitative estimate of drug-likeness (QED) is 0.785. The molecule has 2 heterocycles. The lowest BCUT2D eigenvalue weighted by atomic mass is 9.81. The summed E-state index contributed by atoms with van der Waals surface area (Å²) in [6, 6.07) is 3.17. The average Bonchev–Trinajstić information content (AvgIpc) is 3.09. The predicted molar refractivity (Wildman–Crippen MR) is 104 cm³/mol. The number of alkyl halides is 2. The number of carbonyl (C=O) groups is 2. The second-order valence-electron chi connectivity index (χ2n) is 8.98. The minimum absolute atomic E-state index is 0.110. The highest BCUT2D eigenvalue weighted by Gasteiger charge is 2.63. The van der Waals surface area contributed by atoms with Crippen molar-refractivity contribution in [3.8, 4) is 5.75 Å². The fraction of sp³-hybridized carbons (Fsp3) is 0.636. The van der Waals surface area contributed by atoms with Crippen molar-refractivity contribution in [1.82, 2.24) is 10.6 Å². The summed E-state index contributed by atoms with van der Waals surface area (Å²) < 4.78 is 38.2. The Morgan fingerprint density at radius 1 is 1.10 bits per heavy atom. The van der Waals surface area contributed by atoms with Crippen molar-refractivity contribution in [2.45, 2.75) is 43.6 Å². The Kier molecular flexibility index (Phi) is 4.72. The molecule has 8 heteroatoms. The molecule has 5 rings (SSSR count). The summed E-state index contributed by atoms with van der Waals surface area (Å²) in [5.74, 6) is -2.49. The Morgan fingerprint density at radius 3 is 2.47 bits per heavy atom. The maximum absolute atomic E-state index is 13.4. The van der Waals surface area contributed by atoms with Crippen LogP contribution in [-0.4, -0.2) is 50.6 Å². The molecule has 0 spiro atoms. The van der Waals surface area contributed by atoms with Crippen LogP contribution in [0, 0.1) is 17.8 Å². The molecule has 30 heavy (non-hydrogen) atoms. The highest BCUT2D eigenvalue weighted by Crippen LogP contribution is 2.58. The summed E-state index contributed by atoms with van der Waals surface area (Å²) in [6.45, 7) is 1.89. The highest BCUT2D eigenvalue weighted by atomic mass is 19.3. The van der Waals surface area contributed by atoms with Crippen LogP contribution in [0.3, 0.4) is 0 Å². The third kappa shape index (κ3) is 3.35. The van der Waals surface area contributed by atoms with Crippen molar-refractivity contribution < 1.29 is 27.8 Å². The molecule has 0 aromatic heterocycles.